The van der Waals surface area contributed by atoms with Crippen LogP contribution in [0.15, 0.2) is 12.2 Å². The topological polar surface area (TPSA) is 0 Å². The Morgan fingerprint density at radius 3 is 1.20 bits per heavy atom. The predicted octanol–water partition coefficient (Wildman–Crippen LogP) is 11.2. The van der Waals surface area contributed by atoms with Crippen LogP contribution in [0.5, 0.6) is 0 Å². The van der Waals surface area contributed by atoms with Crippen molar-refractivity contribution in [2.45, 2.75) is 161 Å². The van der Waals surface area contributed by atoms with E-state index in [1.54, 1.807) is 0 Å². The number of unbranched alkanes of at least 4 members (excludes halogenated alkanes) is 19. The highest BCUT2D eigenvalue weighted by Gasteiger charge is 2.00. The van der Waals surface area contributed by atoms with Gasteiger partial charge in [-0.3, -0.25) is 0 Å². The van der Waals surface area contributed by atoms with E-state index in [1.165, 1.54) is 141 Å². The second kappa shape index (κ2) is 26.8. The van der Waals surface area contributed by atoms with Crippen LogP contribution in [0.4, 0.5) is 0 Å². The molecule has 0 bridgehead atoms. The highest BCUT2D eigenvalue weighted by atomic mass is 14.1. The Morgan fingerprint density at radius 1 is 0.433 bits per heavy atom. The lowest BCUT2D eigenvalue weighted by molar-refractivity contribution is 0.450. The van der Waals surface area contributed by atoms with Crippen molar-refractivity contribution >= 4 is 0 Å². The van der Waals surface area contributed by atoms with Crippen LogP contribution >= 0.6 is 0 Å². The molecule has 0 amide bonds. The fourth-order valence-corrected chi connectivity index (χ4v) is 4.36. The number of hydrogen-bond acceptors (Lipinski definition) is 0. The fourth-order valence-electron chi connectivity index (χ4n) is 4.36. The molecular weight excluding hydrogens is 360 g/mol. The zero-order valence-electron chi connectivity index (χ0n) is 21.1. The predicted molar refractivity (Wildman–Crippen MR) is 140 cm³/mol. The zero-order chi connectivity index (χ0) is 22.0. The number of allylic oxidation sites excluding steroid dienone is 2. The van der Waals surface area contributed by atoms with Crippen LogP contribution < -0.4 is 0 Å². The first-order valence-corrected chi connectivity index (χ1v) is 14.0. The van der Waals surface area contributed by atoms with E-state index in [9.17, 15) is 0 Å². The van der Waals surface area contributed by atoms with Gasteiger partial charge in [0.2, 0.25) is 0 Å². The first-order valence-electron chi connectivity index (χ1n) is 14.0. The molecule has 0 saturated carbocycles. The van der Waals surface area contributed by atoms with Crippen LogP contribution in [0.3, 0.4) is 0 Å². The normalized spacial score (nSPS) is 12.8. The van der Waals surface area contributed by atoms with Crippen molar-refractivity contribution in [3.05, 3.63) is 26.0 Å². The summed E-state index contributed by atoms with van der Waals surface area (Å²) in [6.07, 6.45) is 38.2. The maximum Gasteiger partial charge on any atom is -0.0351 e. The van der Waals surface area contributed by atoms with Crippen LogP contribution in [-0.4, -0.2) is 0 Å². The van der Waals surface area contributed by atoms with Crippen LogP contribution in [0.2, 0.25) is 0 Å². The molecule has 0 rings (SSSR count). The van der Waals surface area contributed by atoms with E-state index < -0.39 is 0 Å². The second-order valence-electron chi connectivity index (χ2n) is 9.80. The molecule has 0 saturated heterocycles. The first kappa shape index (κ1) is 29.7. The third-order valence-corrected chi connectivity index (χ3v) is 6.55. The van der Waals surface area contributed by atoms with Crippen molar-refractivity contribution in [1.82, 2.24) is 0 Å². The summed E-state index contributed by atoms with van der Waals surface area (Å²) in [5.41, 5.74) is 0. The Balaban J connectivity index is 3.12. The molecule has 0 spiro atoms. The summed E-state index contributed by atoms with van der Waals surface area (Å²) >= 11 is 0. The van der Waals surface area contributed by atoms with Gasteiger partial charge in [0.1, 0.15) is 0 Å². The van der Waals surface area contributed by atoms with Gasteiger partial charge in [-0.2, -0.15) is 0 Å². The maximum atomic E-state index is 3.94. The van der Waals surface area contributed by atoms with E-state index in [0.29, 0.717) is 0 Å². The van der Waals surface area contributed by atoms with Gasteiger partial charge < -0.3 is 0 Å². The van der Waals surface area contributed by atoms with Gasteiger partial charge in [-0.15, -0.1) is 0 Å². The van der Waals surface area contributed by atoms with Gasteiger partial charge in [0.05, 0.1) is 0 Å². The monoisotopic (exact) mass is 418 g/mol. The number of hydrogen-bond donors (Lipinski definition) is 0. The molecule has 0 aromatic rings. The molecule has 0 nitrogen and oxygen atoms in total. The minimum atomic E-state index is 0.908. The number of rotatable bonds is 25. The van der Waals surface area contributed by atoms with Crippen LogP contribution in [0.1, 0.15) is 161 Å². The molecule has 0 aliphatic carbocycles. The quantitative estimate of drug-likeness (QED) is 0.102. The summed E-state index contributed by atoms with van der Waals surface area (Å²) < 4.78 is 0. The molecule has 1 atom stereocenters. The molecule has 0 N–H and O–H groups in total. The molecule has 0 aliphatic rings. The van der Waals surface area contributed by atoms with Gasteiger partial charge >= 0.3 is 0 Å². The molecule has 0 heteroatoms. The fraction of sp³-hybridized carbons (Fsp3) is 0.867. The third kappa shape index (κ3) is 25.8. The summed E-state index contributed by atoms with van der Waals surface area (Å²) in [6, 6.07) is 0. The third-order valence-electron chi connectivity index (χ3n) is 6.55. The van der Waals surface area contributed by atoms with E-state index in [1.807, 2.05) is 0 Å². The highest BCUT2D eigenvalue weighted by Crippen LogP contribution is 2.17. The lowest BCUT2D eigenvalue weighted by Crippen LogP contribution is -1.94. The lowest BCUT2D eigenvalue weighted by Gasteiger charge is -2.09. The smallest absolute Gasteiger partial charge is 0.0351 e. The van der Waals surface area contributed by atoms with Gasteiger partial charge in [0.15, 0.2) is 0 Å². The Morgan fingerprint density at radius 2 is 0.767 bits per heavy atom. The molecule has 2 radical (unpaired) electrons. The molecule has 0 aliphatic heterocycles. The summed E-state index contributed by atoms with van der Waals surface area (Å²) in [5, 5.41) is 0. The van der Waals surface area contributed by atoms with Gasteiger partial charge in [-0.1, -0.05) is 161 Å². The van der Waals surface area contributed by atoms with E-state index in [4.69, 9.17) is 0 Å². The van der Waals surface area contributed by atoms with E-state index in [-0.39, 0.29) is 0 Å². The molecule has 30 heavy (non-hydrogen) atoms. The Labute approximate surface area is 193 Å². The van der Waals surface area contributed by atoms with Crippen molar-refractivity contribution in [2.24, 2.45) is 5.92 Å². The van der Waals surface area contributed by atoms with E-state index >= 15 is 0 Å². The average molecular weight is 419 g/mol. The Kier molecular flexibility index (Phi) is 26.5. The van der Waals surface area contributed by atoms with Crippen LogP contribution in [-0.2, 0) is 0 Å². The SMILES string of the molecule is [CH2]CCCCCCCCCCCCCCCC/C=C/CCCCCC(C)CCC[CH2]. The van der Waals surface area contributed by atoms with E-state index in [0.717, 1.165) is 18.8 Å². The Bertz CT molecular complexity index is 316. The van der Waals surface area contributed by atoms with Crippen LogP contribution in [0, 0.1) is 19.8 Å². The average Bonchev–Trinajstić information content (AvgIpc) is 2.75. The molecule has 0 heterocycles. The van der Waals surface area contributed by atoms with Crippen LogP contribution in [0.25, 0.3) is 0 Å². The Hall–Kier alpha value is -0.260. The zero-order valence-corrected chi connectivity index (χ0v) is 21.1. The lowest BCUT2D eigenvalue weighted by atomic mass is 9.97. The minimum absolute atomic E-state index is 0.908. The molecule has 0 fully saturated rings. The summed E-state index contributed by atoms with van der Waals surface area (Å²) in [7, 11) is 0. The van der Waals surface area contributed by atoms with Gasteiger partial charge in [0.25, 0.3) is 0 Å². The standard InChI is InChI=1S/C30H58/c1-4-6-8-9-10-11-12-13-14-15-16-17-18-19-20-21-22-23-24-25-26-27-29-30(3)28-7-5-2/h22-23,30H,1-2,4-21,24-29H2,3H3/b23-22+. The van der Waals surface area contributed by atoms with Gasteiger partial charge in [0, 0.05) is 0 Å². The molecule has 0 aromatic heterocycles. The van der Waals surface area contributed by atoms with Crippen molar-refractivity contribution < 1.29 is 0 Å². The molecule has 178 valence electrons. The van der Waals surface area contributed by atoms with E-state index in [2.05, 4.69) is 32.9 Å². The van der Waals surface area contributed by atoms with Crippen molar-refractivity contribution in [3.8, 4) is 0 Å². The second-order valence-corrected chi connectivity index (χ2v) is 9.80. The minimum Gasteiger partial charge on any atom is -0.0885 e. The van der Waals surface area contributed by atoms with Crippen molar-refractivity contribution in [1.29, 1.82) is 0 Å². The summed E-state index contributed by atoms with van der Waals surface area (Å²) in [5.74, 6) is 0.908. The summed E-state index contributed by atoms with van der Waals surface area (Å²) in [4.78, 5) is 0. The molecular formula is C30H58. The van der Waals surface area contributed by atoms with Gasteiger partial charge in [-0.05, 0) is 31.6 Å². The largest absolute Gasteiger partial charge is 0.0885 e. The first-order chi connectivity index (χ1) is 14.8. The highest BCUT2D eigenvalue weighted by molar-refractivity contribution is 4.81. The maximum absolute atomic E-state index is 3.94. The molecule has 0 aromatic carbocycles. The summed E-state index contributed by atoms with van der Waals surface area (Å²) in [6.45, 7) is 10.3. The molecule has 1 unspecified atom stereocenters. The van der Waals surface area contributed by atoms with Gasteiger partial charge in [-0.25, -0.2) is 0 Å². The van der Waals surface area contributed by atoms with Crippen molar-refractivity contribution in [3.63, 3.8) is 0 Å². The van der Waals surface area contributed by atoms with Crippen molar-refractivity contribution in [2.75, 3.05) is 0 Å².